The Morgan fingerprint density at radius 1 is 1.14 bits per heavy atom. The van der Waals surface area contributed by atoms with E-state index in [1.54, 1.807) is 4.31 Å². The van der Waals surface area contributed by atoms with E-state index in [4.69, 9.17) is 5.11 Å². The number of carbonyl (C=O) groups is 1. The molecule has 1 atom stereocenters. The molecule has 2 rings (SSSR count). The first-order chi connectivity index (χ1) is 10.00. The average Bonchev–Trinajstić information content (AvgIpc) is 2.48. The number of aliphatic carboxylic acids is 1. The molecule has 1 aliphatic carbocycles. The van der Waals surface area contributed by atoms with Crippen molar-refractivity contribution in [3.8, 4) is 0 Å². The maximum Gasteiger partial charge on any atom is 0.317 e. The average molecular weight is 318 g/mol. The summed E-state index contributed by atoms with van der Waals surface area (Å²) in [5.74, 6) is -0.658. The van der Waals surface area contributed by atoms with Gasteiger partial charge in [-0.2, -0.15) is 0 Å². The van der Waals surface area contributed by atoms with Crippen LogP contribution in [0.25, 0.3) is 0 Å². The topological polar surface area (TPSA) is 86.7 Å². The zero-order valence-electron chi connectivity index (χ0n) is 12.5. The van der Waals surface area contributed by atoms with E-state index in [2.05, 4.69) is 5.32 Å². The van der Waals surface area contributed by atoms with Crippen LogP contribution in [0.2, 0.25) is 0 Å². The molecule has 0 aromatic heterocycles. The van der Waals surface area contributed by atoms with Crippen LogP contribution >= 0.6 is 0 Å². The van der Waals surface area contributed by atoms with Gasteiger partial charge in [-0.15, -0.1) is 0 Å². The molecule has 1 saturated heterocycles. The number of rotatable bonds is 6. The summed E-state index contributed by atoms with van der Waals surface area (Å²) in [5, 5.41) is 11.3. The minimum Gasteiger partial charge on any atom is -0.480 e. The van der Waals surface area contributed by atoms with Gasteiger partial charge in [0.05, 0.1) is 11.8 Å². The fourth-order valence-corrected chi connectivity index (χ4v) is 5.53. The summed E-state index contributed by atoms with van der Waals surface area (Å²) in [6.45, 7) is 1.66. The Morgan fingerprint density at radius 3 is 2.52 bits per heavy atom. The van der Waals surface area contributed by atoms with Crippen molar-refractivity contribution in [3.05, 3.63) is 0 Å². The Morgan fingerprint density at radius 2 is 1.86 bits per heavy atom. The lowest BCUT2D eigenvalue weighted by Crippen LogP contribution is -2.47. The Labute approximate surface area is 126 Å². The standard InChI is InChI=1S/C14H26N2O4S/c17-14(18)10-15-9-12-5-4-8-16(11-12)21(19,20)13-6-2-1-3-7-13/h12-13,15H,1-11H2,(H,17,18). The van der Waals surface area contributed by atoms with E-state index in [9.17, 15) is 13.2 Å². The van der Waals surface area contributed by atoms with E-state index in [1.807, 2.05) is 0 Å². The van der Waals surface area contributed by atoms with Crippen molar-refractivity contribution in [2.45, 2.75) is 50.2 Å². The Hall–Kier alpha value is -0.660. The summed E-state index contributed by atoms with van der Waals surface area (Å²) in [4.78, 5) is 10.5. The van der Waals surface area contributed by atoms with Gasteiger partial charge in [0.2, 0.25) is 10.0 Å². The van der Waals surface area contributed by atoms with Crippen molar-refractivity contribution >= 4 is 16.0 Å². The molecule has 0 bridgehead atoms. The largest absolute Gasteiger partial charge is 0.480 e. The molecule has 0 aromatic rings. The number of sulfonamides is 1. The molecule has 6 nitrogen and oxygen atoms in total. The molecule has 7 heteroatoms. The number of piperidine rings is 1. The fourth-order valence-electron chi connectivity index (χ4n) is 3.38. The van der Waals surface area contributed by atoms with Crippen molar-refractivity contribution in [2.24, 2.45) is 5.92 Å². The second-order valence-corrected chi connectivity index (χ2v) is 8.41. The first-order valence-electron chi connectivity index (χ1n) is 7.91. The summed E-state index contributed by atoms with van der Waals surface area (Å²) < 4.78 is 27.0. The van der Waals surface area contributed by atoms with E-state index < -0.39 is 16.0 Å². The molecule has 2 N–H and O–H groups in total. The van der Waals surface area contributed by atoms with E-state index >= 15 is 0 Å². The maximum absolute atomic E-state index is 12.7. The van der Waals surface area contributed by atoms with Crippen molar-refractivity contribution in [3.63, 3.8) is 0 Å². The van der Waals surface area contributed by atoms with Crippen molar-refractivity contribution in [1.29, 1.82) is 0 Å². The molecule has 21 heavy (non-hydrogen) atoms. The van der Waals surface area contributed by atoms with Crippen LogP contribution in [0.15, 0.2) is 0 Å². The third kappa shape index (κ3) is 4.66. The SMILES string of the molecule is O=C(O)CNCC1CCCN(S(=O)(=O)C2CCCCC2)C1. The minimum atomic E-state index is -3.17. The van der Waals surface area contributed by atoms with Crippen LogP contribution in [-0.2, 0) is 14.8 Å². The summed E-state index contributed by atoms with van der Waals surface area (Å²) in [7, 11) is -3.17. The lowest BCUT2D eigenvalue weighted by molar-refractivity contribution is -0.136. The molecule has 2 aliphatic rings. The second kappa shape index (κ2) is 7.56. The summed E-state index contributed by atoms with van der Waals surface area (Å²) in [6.07, 6.45) is 6.59. The predicted molar refractivity (Wildman–Crippen MR) is 80.6 cm³/mol. The number of hydrogen-bond acceptors (Lipinski definition) is 4. The highest BCUT2D eigenvalue weighted by Gasteiger charge is 2.35. The summed E-state index contributed by atoms with van der Waals surface area (Å²) >= 11 is 0. The van der Waals surface area contributed by atoms with Crippen molar-refractivity contribution in [1.82, 2.24) is 9.62 Å². The highest BCUT2D eigenvalue weighted by Crippen LogP contribution is 2.28. The van der Waals surface area contributed by atoms with Gasteiger partial charge in [-0.25, -0.2) is 12.7 Å². The second-order valence-electron chi connectivity index (χ2n) is 6.20. The van der Waals surface area contributed by atoms with E-state index in [1.165, 1.54) is 0 Å². The van der Waals surface area contributed by atoms with Gasteiger partial charge in [-0.1, -0.05) is 19.3 Å². The lowest BCUT2D eigenvalue weighted by Gasteiger charge is -2.35. The van der Waals surface area contributed by atoms with Crippen LogP contribution in [-0.4, -0.2) is 55.2 Å². The molecular weight excluding hydrogens is 292 g/mol. The third-order valence-electron chi connectivity index (χ3n) is 4.52. The first kappa shape index (κ1) is 16.7. The Kier molecular flexibility index (Phi) is 6.01. The van der Waals surface area contributed by atoms with Gasteiger partial charge < -0.3 is 10.4 Å². The van der Waals surface area contributed by atoms with E-state index in [0.29, 0.717) is 19.6 Å². The molecule has 1 saturated carbocycles. The fraction of sp³-hybridized carbons (Fsp3) is 0.929. The monoisotopic (exact) mass is 318 g/mol. The van der Waals surface area contributed by atoms with Gasteiger partial charge in [-0.05, 0) is 38.1 Å². The van der Waals surface area contributed by atoms with Gasteiger partial charge in [-0.3, -0.25) is 4.79 Å². The van der Waals surface area contributed by atoms with Gasteiger partial charge in [0.25, 0.3) is 0 Å². The Bertz CT molecular complexity index is 446. The number of carboxylic acid groups (broad SMARTS) is 1. The van der Waals surface area contributed by atoms with Crippen LogP contribution in [0.3, 0.4) is 0 Å². The van der Waals surface area contributed by atoms with Crippen LogP contribution in [0.4, 0.5) is 0 Å². The van der Waals surface area contributed by atoms with Crippen LogP contribution in [0.1, 0.15) is 44.9 Å². The molecule has 1 heterocycles. The zero-order valence-corrected chi connectivity index (χ0v) is 13.3. The maximum atomic E-state index is 12.7. The molecule has 0 radical (unpaired) electrons. The summed E-state index contributed by atoms with van der Waals surface area (Å²) in [6, 6.07) is 0. The predicted octanol–water partition coefficient (Wildman–Crippen LogP) is 1.04. The Balaban J connectivity index is 1.88. The van der Waals surface area contributed by atoms with Crippen molar-refractivity contribution in [2.75, 3.05) is 26.2 Å². The van der Waals surface area contributed by atoms with Crippen LogP contribution < -0.4 is 5.32 Å². The molecule has 0 spiro atoms. The molecule has 0 amide bonds. The third-order valence-corrected chi connectivity index (χ3v) is 6.89. The molecular formula is C14H26N2O4S. The molecule has 1 aliphatic heterocycles. The molecule has 1 unspecified atom stereocenters. The number of carboxylic acids is 1. The van der Waals surface area contributed by atoms with Gasteiger partial charge in [0.1, 0.15) is 0 Å². The van der Waals surface area contributed by atoms with Crippen LogP contribution in [0.5, 0.6) is 0 Å². The highest BCUT2D eigenvalue weighted by atomic mass is 32.2. The number of nitrogens with zero attached hydrogens (tertiary/aromatic N) is 1. The first-order valence-corrected chi connectivity index (χ1v) is 9.42. The molecule has 2 fully saturated rings. The lowest BCUT2D eigenvalue weighted by atomic mass is 10.00. The quantitative estimate of drug-likeness (QED) is 0.764. The normalized spacial score (nSPS) is 25.8. The van der Waals surface area contributed by atoms with E-state index in [-0.39, 0.29) is 17.7 Å². The minimum absolute atomic E-state index is 0.0636. The summed E-state index contributed by atoms with van der Waals surface area (Å²) in [5.41, 5.74) is 0. The van der Waals surface area contributed by atoms with Crippen molar-refractivity contribution < 1.29 is 18.3 Å². The van der Waals surface area contributed by atoms with E-state index in [0.717, 1.165) is 44.9 Å². The zero-order chi connectivity index (χ0) is 15.3. The molecule has 0 aromatic carbocycles. The van der Waals surface area contributed by atoms with Gasteiger partial charge >= 0.3 is 5.97 Å². The highest BCUT2D eigenvalue weighted by molar-refractivity contribution is 7.89. The molecule has 122 valence electrons. The number of nitrogens with one attached hydrogen (secondary N) is 1. The van der Waals surface area contributed by atoms with Gasteiger partial charge in [0.15, 0.2) is 0 Å². The van der Waals surface area contributed by atoms with Crippen LogP contribution in [0, 0.1) is 5.92 Å². The van der Waals surface area contributed by atoms with Gasteiger partial charge in [0, 0.05) is 13.1 Å². The number of hydrogen-bond donors (Lipinski definition) is 2. The smallest absolute Gasteiger partial charge is 0.317 e.